The molecular weight excluding hydrogens is 348 g/mol. The molecule has 0 spiro atoms. The van der Waals surface area contributed by atoms with Gasteiger partial charge < -0.3 is 9.47 Å². The van der Waals surface area contributed by atoms with Gasteiger partial charge in [-0.2, -0.15) is 0 Å². The summed E-state index contributed by atoms with van der Waals surface area (Å²) in [4.78, 5) is 12.4. The van der Waals surface area contributed by atoms with Crippen LogP contribution in [0.25, 0.3) is 0 Å². The minimum Gasteiger partial charge on any atom is -0.456 e. The molecule has 0 bridgehead atoms. The first-order valence-electron chi connectivity index (χ1n) is 9.27. The summed E-state index contributed by atoms with van der Waals surface area (Å²) in [6, 6.07) is 16.8. The molecule has 0 aliphatic heterocycles. The fourth-order valence-corrected chi connectivity index (χ4v) is 2.88. The van der Waals surface area contributed by atoms with Crippen LogP contribution in [0, 0.1) is 0 Å². The predicted octanol–water partition coefficient (Wildman–Crippen LogP) is 6.05. The van der Waals surface area contributed by atoms with Crippen molar-refractivity contribution in [1.82, 2.24) is 0 Å². The van der Waals surface area contributed by atoms with Crippen molar-refractivity contribution in [2.24, 2.45) is 0 Å². The third-order valence-corrected chi connectivity index (χ3v) is 4.36. The lowest BCUT2D eigenvalue weighted by atomic mass is 10.1. The fourth-order valence-electron chi connectivity index (χ4n) is 2.69. The van der Waals surface area contributed by atoms with Gasteiger partial charge in [-0.15, -0.1) is 0 Å². The molecular formula is C22H27ClO3. The minimum absolute atomic E-state index is 0.248. The number of esters is 1. The third-order valence-electron chi connectivity index (χ3n) is 4.13. The van der Waals surface area contributed by atoms with Gasteiger partial charge in [0.05, 0.1) is 18.8 Å². The van der Waals surface area contributed by atoms with E-state index in [2.05, 4.69) is 6.92 Å². The van der Waals surface area contributed by atoms with E-state index in [0.717, 1.165) is 24.8 Å². The van der Waals surface area contributed by atoms with E-state index >= 15 is 0 Å². The average molecular weight is 375 g/mol. The first-order valence-corrected chi connectivity index (χ1v) is 9.65. The summed E-state index contributed by atoms with van der Waals surface area (Å²) in [5.74, 6) is -0.351. The van der Waals surface area contributed by atoms with Crippen LogP contribution in [0.3, 0.4) is 0 Å². The summed E-state index contributed by atoms with van der Waals surface area (Å²) in [6.07, 6.45) is 5.09. The number of rotatable bonds is 11. The Labute approximate surface area is 161 Å². The van der Waals surface area contributed by atoms with E-state index in [1.807, 2.05) is 30.3 Å². The molecule has 0 fully saturated rings. The molecule has 0 heterocycles. The van der Waals surface area contributed by atoms with Crippen molar-refractivity contribution in [2.45, 2.75) is 51.7 Å². The van der Waals surface area contributed by atoms with Crippen molar-refractivity contribution in [3.8, 4) is 0 Å². The van der Waals surface area contributed by atoms with Crippen LogP contribution in [0.4, 0.5) is 0 Å². The second-order valence-corrected chi connectivity index (χ2v) is 6.82. The summed E-state index contributed by atoms with van der Waals surface area (Å²) in [5.41, 5.74) is 1.58. The second-order valence-electron chi connectivity index (χ2n) is 6.39. The predicted molar refractivity (Wildman–Crippen MR) is 106 cm³/mol. The van der Waals surface area contributed by atoms with Crippen molar-refractivity contribution in [1.29, 1.82) is 0 Å². The van der Waals surface area contributed by atoms with E-state index in [1.165, 1.54) is 12.8 Å². The Balaban J connectivity index is 1.88. The van der Waals surface area contributed by atoms with Crippen molar-refractivity contribution in [2.75, 3.05) is 6.61 Å². The number of carbonyl (C=O) groups excluding carboxylic acids is 1. The fraction of sp³-hybridized carbons (Fsp3) is 0.409. The normalized spacial score (nSPS) is 11.9. The van der Waals surface area contributed by atoms with Crippen LogP contribution in [0.15, 0.2) is 54.6 Å². The number of hydrogen-bond donors (Lipinski definition) is 0. The van der Waals surface area contributed by atoms with Crippen LogP contribution in [0.2, 0.25) is 5.02 Å². The zero-order valence-corrected chi connectivity index (χ0v) is 16.1. The average Bonchev–Trinajstić information content (AvgIpc) is 2.66. The summed E-state index contributed by atoms with van der Waals surface area (Å²) in [5, 5.41) is 0.527. The van der Waals surface area contributed by atoms with Gasteiger partial charge in [-0.3, -0.25) is 0 Å². The van der Waals surface area contributed by atoms with E-state index in [-0.39, 0.29) is 12.1 Å². The van der Waals surface area contributed by atoms with Crippen molar-refractivity contribution >= 4 is 17.6 Å². The van der Waals surface area contributed by atoms with E-state index < -0.39 is 0 Å². The highest BCUT2D eigenvalue weighted by molar-refractivity contribution is 6.30. The number of carbonyl (C=O) groups is 1. The molecule has 4 heteroatoms. The van der Waals surface area contributed by atoms with E-state index in [4.69, 9.17) is 21.1 Å². The maximum Gasteiger partial charge on any atom is 0.338 e. The van der Waals surface area contributed by atoms with E-state index in [1.54, 1.807) is 24.3 Å². The first kappa shape index (κ1) is 20.5. The zero-order valence-electron chi connectivity index (χ0n) is 15.3. The lowest BCUT2D eigenvalue weighted by Gasteiger charge is -2.18. The number of unbranched alkanes of at least 4 members (excludes halogenated alkanes) is 3. The SMILES string of the molecule is CCCCCCC(COCc1ccccc1)OC(=O)c1cccc(Cl)c1. The molecule has 140 valence electrons. The molecule has 2 aromatic carbocycles. The third kappa shape index (κ3) is 7.59. The van der Waals surface area contributed by atoms with Gasteiger partial charge in [-0.1, -0.05) is 74.2 Å². The van der Waals surface area contributed by atoms with Crippen LogP contribution in [-0.2, 0) is 16.1 Å². The molecule has 26 heavy (non-hydrogen) atoms. The summed E-state index contributed by atoms with van der Waals surface area (Å²) in [7, 11) is 0. The van der Waals surface area contributed by atoms with Crippen LogP contribution < -0.4 is 0 Å². The standard InChI is InChI=1S/C22H27ClO3/c1-2-3-4-8-14-21(17-25-16-18-10-6-5-7-11-18)26-22(24)19-12-9-13-20(23)15-19/h5-7,9-13,15,21H,2-4,8,14,16-17H2,1H3. The highest BCUT2D eigenvalue weighted by atomic mass is 35.5. The summed E-state index contributed by atoms with van der Waals surface area (Å²) in [6.45, 7) is 3.09. The topological polar surface area (TPSA) is 35.5 Å². The van der Waals surface area contributed by atoms with Gasteiger partial charge in [-0.05, 0) is 36.6 Å². The largest absolute Gasteiger partial charge is 0.456 e. The van der Waals surface area contributed by atoms with Gasteiger partial charge in [-0.25, -0.2) is 4.79 Å². The molecule has 0 amide bonds. The van der Waals surface area contributed by atoms with Gasteiger partial charge in [0.1, 0.15) is 6.10 Å². The highest BCUT2D eigenvalue weighted by Crippen LogP contribution is 2.15. The Morgan fingerprint density at radius 2 is 1.85 bits per heavy atom. The quantitative estimate of drug-likeness (QED) is 0.354. The van der Waals surface area contributed by atoms with Crippen molar-refractivity contribution < 1.29 is 14.3 Å². The lowest BCUT2D eigenvalue weighted by Crippen LogP contribution is -2.24. The Morgan fingerprint density at radius 1 is 1.04 bits per heavy atom. The maximum atomic E-state index is 12.4. The monoisotopic (exact) mass is 374 g/mol. The Morgan fingerprint density at radius 3 is 2.58 bits per heavy atom. The van der Waals surface area contributed by atoms with E-state index in [0.29, 0.717) is 23.8 Å². The minimum atomic E-state index is -0.351. The molecule has 1 atom stereocenters. The molecule has 1 unspecified atom stereocenters. The van der Waals surface area contributed by atoms with Gasteiger partial charge in [0, 0.05) is 5.02 Å². The maximum absolute atomic E-state index is 12.4. The van der Waals surface area contributed by atoms with Crippen LogP contribution in [0.5, 0.6) is 0 Å². The second kappa shape index (κ2) is 11.7. The summed E-state index contributed by atoms with van der Waals surface area (Å²) >= 11 is 5.96. The van der Waals surface area contributed by atoms with Crippen LogP contribution >= 0.6 is 11.6 Å². The number of benzene rings is 2. The molecule has 0 saturated heterocycles. The van der Waals surface area contributed by atoms with Crippen molar-refractivity contribution in [3.05, 3.63) is 70.7 Å². The molecule has 0 aliphatic carbocycles. The zero-order chi connectivity index (χ0) is 18.6. The highest BCUT2D eigenvalue weighted by Gasteiger charge is 2.16. The Kier molecular flexibility index (Phi) is 9.22. The van der Waals surface area contributed by atoms with Gasteiger partial charge >= 0.3 is 5.97 Å². The van der Waals surface area contributed by atoms with Crippen molar-refractivity contribution in [3.63, 3.8) is 0 Å². The first-order chi connectivity index (χ1) is 12.7. The van der Waals surface area contributed by atoms with Gasteiger partial charge in [0.15, 0.2) is 0 Å². The molecule has 2 rings (SSSR count). The molecule has 0 N–H and O–H groups in total. The number of hydrogen-bond acceptors (Lipinski definition) is 3. The van der Waals surface area contributed by atoms with Crippen LogP contribution in [-0.4, -0.2) is 18.7 Å². The Bertz CT molecular complexity index is 657. The van der Waals surface area contributed by atoms with Crippen LogP contribution in [0.1, 0.15) is 54.9 Å². The summed E-state index contributed by atoms with van der Waals surface area (Å²) < 4.78 is 11.5. The van der Waals surface area contributed by atoms with E-state index in [9.17, 15) is 4.79 Å². The lowest BCUT2D eigenvalue weighted by molar-refractivity contribution is -0.0117. The molecule has 0 aromatic heterocycles. The van der Waals surface area contributed by atoms with Gasteiger partial charge in [0.25, 0.3) is 0 Å². The van der Waals surface area contributed by atoms with Gasteiger partial charge in [0.2, 0.25) is 0 Å². The molecule has 3 nitrogen and oxygen atoms in total. The molecule has 0 aliphatic rings. The molecule has 0 radical (unpaired) electrons. The number of halogens is 1. The Hall–Kier alpha value is -1.84. The molecule has 0 saturated carbocycles. The smallest absolute Gasteiger partial charge is 0.338 e. The molecule has 2 aromatic rings. The number of ether oxygens (including phenoxy) is 2.